The first-order chi connectivity index (χ1) is 15.0. The van der Waals surface area contributed by atoms with Crippen LogP contribution in [0.2, 0.25) is 0 Å². The van der Waals surface area contributed by atoms with Crippen molar-refractivity contribution < 1.29 is 4.79 Å². The summed E-state index contributed by atoms with van der Waals surface area (Å²) in [5.41, 5.74) is 3.64. The summed E-state index contributed by atoms with van der Waals surface area (Å²) in [6.45, 7) is 4.62. The monoisotopic (exact) mass is 451 g/mol. The smallest absolute Gasteiger partial charge is 0.265 e. The number of hydrogen-bond donors (Lipinski definition) is 1. The number of hydrogen-bond acceptors (Lipinski definition) is 6. The largest absolute Gasteiger partial charge is 0.351 e. The van der Waals surface area contributed by atoms with Gasteiger partial charge in [0, 0.05) is 17.1 Å². The Hall–Kier alpha value is -2.91. The van der Waals surface area contributed by atoms with Crippen LogP contribution < -0.4 is 10.9 Å². The van der Waals surface area contributed by atoms with Gasteiger partial charge in [-0.1, -0.05) is 23.9 Å². The fraction of sp³-hybridized carbons (Fsp3) is 0.273. The summed E-state index contributed by atoms with van der Waals surface area (Å²) in [6, 6.07) is 9.81. The molecule has 7 nitrogen and oxygen atoms in total. The number of aryl methyl sites for hydroxylation is 2. The summed E-state index contributed by atoms with van der Waals surface area (Å²) in [5, 5.41) is 10.5. The number of thioether (sulfide) groups is 1. The van der Waals surface area contributed by atoms with Crippen LogP contribution in [0.15, 0.2) is 51.9 Å². The molecule has 1 aliphatic heterocycles. The van der Waals surface area contributed by atoms with Crippen molar-refractivity contribution in [2.75, 3.05) is 5.75 Å². The van der Waals surface area contributed by atoms with Crippen LogP contribution >= 0.6 is 23.1 Å². The average Bonchev–Trinajstić information content (AvgIpc) is 3.49. The average molecular weight is 452 g/mol. The second-order valence-corrected chi connectivity index (χ2v) is 9.68. The van der Waals surface area contributed by atoms with Crippen molar-refractivity contribution in [2.45, 2.75) is 38.0 Å². The molecule has 0 saturated carbocycles. The standard InChI is InChI=1S/C22H21N5O2S2/c1-13-5-6-15(8-14(13)2)27-20-18(11-24-27)21(29)26-16(12-31-22(26)25-20)9-19(28)23-10-17-4-3-7-30-17/h3-8,11,16H,9-10,12H2,1-2H3,(H,23,28). The molecule has 5 rings (SSSR count). The molecular formula is C22H21N5O2S2. The number of benzene rings is 1. The van der Waals surface area contributed by atoms with Crippen LogP contribution in [0.5, 0.6) is 0 Å². The first kappa shape index (κ1) is 20.0. The van der Waals surface area contributed by atoms with E-state index in [1.807, 2.05) is 35.7 Å². The number of nitrogens with zero attached hydrogens (tertiary/aromatic N) is 4. The Morgan fingerprint density at radius 1 is 1.26 bits per heavy atom. The van der Waals surface area contributed by atoms with Crippen LogP contribution in [0.25, 0.3) is 16.7 Å². The van der Waals surface area contributed by atoms with E-state index in [0.29, 0.717) is 28.5 Å². The van der Waals surface area contributed by atoms with E-state index in [4.69, 9.17) is 4.98 Å². The SMILES string of the molecule is Cc1ccc(-n2ncc3c(=O)n4c(nc32)SCC4CC(=O)NCc2cccs2)cc1C. The minimum absolute atomic E-state index is 0.0651. The van der Waals surface area contributed by atoms with Crippen molar-refractivity contribution in [1.82, 2.24) is 24.6 Å². The van der Waals surface area contributed by atoms with E-state index in [1.165, 1.54) is 17.3 Å². The van der Waals surface area contributed by atoms with Crippen LogP contribution in [-0.2, 0) is 11.3 Å². The molecule has 4 aromatic rings. The predicted octanol–water partition coefficient (Wildman–Crippen LogP) is 3.61. The van der Waals surface area contributed by atoms with E-state index < -0.39 is 0 Å². The highest BCUT2D eigenvalue weighted by Crippen LogP contribution is 2.33. The molecule has 0 fully saturated rings. The molecule has 0 saturated heterocycles. The number of aromatic nitrogens is 4. The molecule has 0 aliphatic carbocycles. The van der Waals surface area contributed by atoms with Gasteiger partial charge in [0.25, 0.3) is 5.56 Å². The normalized spacial score (nSPS) is 15.4. The molecule has 3 aromatic heterocycles. The predicted molar refractivity (Wildman–Crippen MR) is 123 cm³/mol. The van der Waals surface area contributed by atoms with Gasteiger partial charge < -0.3 is 5.32 Å². The van der Waals surface area contributed by atoms with Crippen molar-refractivity contribution in [2.24, 2.45) is 0 Å². The van der Waals surface area contributed by atoms with E-state index in [9.17, 15) is 9.59 Å². The molecule has 1 unspecified atom stereocenters. The number of thiophene rings is 1. The molecule has 1 amide bonds. The maximum Gasteiger partial charge on any atom is 0.265 e. The molecule has 1 aromatic carbocycles. The first-order valence-corrected chi connectivity index (χ1v) is 11.9. The van der Waals surface area contributed by atoms with Gasteiger partial charge in [-0.3, -0.25) is 14.2 Å². The van der Waals surface area contributed by atoms with Gasteiger partial charge in [-0.15, -0.1) is 11.3 Å². The summed E-state index contributed by atoms with van der Waals surface area (Å²) >= 11 is 3.12. The Morgan fingerprint density at radius 2 is 2.13 bits per heavy atom. The highest BCUT2D eigenvalue weighted by atomic mass is 32.2. The van der Waals surface area contributed by atoms with Crippen LogP contribution in [0.3, 0.4) is 0 Å². The van der Waals surface area contributed by atoms with Gasteiger partial charge in [0.05, 0.1) is 24.5 Å². The second kappa shape index (κ2) is 7.97. The molecule has 1 atom stereocenters. The first-order valence-electron chi connectivity index (χ1n) is 10.0. The minimum Gasteiger partial charge on any atom is -0.351 e. The molecule has 0 bridgehead atoms. The third kappa shape index (κ3) is 3.68. The Balaban J connectivity index is 1.43. The van der Waals surface area contributed by atoms with E-state index in [1.54, 1.807) is 26.8 Å². The van der Waals surface area contributed by atoms with Crippen molar-refractivity contribution in [1.29, 1.82) is 0 Å². The molecule has 1 N–H and O–H groups in total. The van der Waals surface area contributed by atoms with Crippen molar-refractivity contribution in [3.8, 4) is 5.69 Å². The summed E-state index contributed by atoms with van der Waals surface area (Å²) in [4.78, 5) is 31.6. The van der Waals surface area contributed by atoms with Crippen LogP contribution in [-0.4, -0.2) is 31.0 Å². The minimum atomic E-state index is -0.210. The van der Waals surface area contributed by atoms with Gasteiger partial charge in [0.2, 0.25) is 5.91 Å². The molecule has 4 heterocycles. The Morgan fingerprint density at radius 3 is 2.90 bits per heavy atom. The number of amides is 1. The Labute approximate surface area is 187 Å². The molecule has 0 radical (unpaired) electrons. The molecule has 31 heavy (non-hydrogen) atoms. The zero-order valence-corrected chi connectivity index (χ0v) is 18.8. The quantitative estimate of drug-likeness (QED) is 0.469. The fourth-order valence-electron chi connectivity index (χ4n) is 3.71. The van der Waals surface area contributed by atoms with Gasteiger partial charge in [-0.05, 0) is 48.6 Å². The third-order valence-electron chi connectivity index (χ3n) is 5.57. The fourth-order valence-corrected chi connectivity index (χ4v) is 5.49. The van der Waals surface area contributed by atoms with Crippen molar-refractivity contribution in [3.63, 3.8) is 0 Å². The number of carbonyl (C=O) groups is 1. The van der Waals surface area contributed by atoms with Crippen LogP contribution in [0.1, 0.15) is 28.5 Å². The number of carbonyl (C=O) groups excluding carboxylic acids is 1. The topological polar surface area (TPSA) is 81.8 Å². The maximum absolute atomic E-state index is 13.2. The van der Waals surface area contributed by atoms with E-state index in [-0.39, 0.29) is 23.9 Å². The summed E-state index contributed by atoms with van der Waals surface area (Å²) < 4.78 is 3.37. The van der Waals surface area contributed by atoms with Crippen molar-refractivity contribution in [3.05, 3.63) is 68.3 Å². The number of fused-ring (bicyclic) bond motifs is 2. The van der Waals surface area contributed by atoms with Gasteiger partial charge in [0.15, 0.2) is 10.8 Å². The lowest BCUT2D eigenvalue weighted by Gasteiger charge is -2.13. The number of nitrogens with one attached hydrogen (secondary N) is 1. The molecule has 158 valence electrons. The summed E-state index contributed by atoms with van der Waals surface area (Å²) in [6.07, 6.45) is 1.83. The molecule has 0 spiro atoms. The van der Waals surface area contributed by atoms with E-state index in [0.717, 1.165) is 16.1 Å². The zero-order valence-electron chi connectivity index (χ0n) is 17.2. The highest BCUT2D eigenvalue weighted by Gasteiger charge is 2.29. The van der Waals surface area contributed by atoms with Gasteiger partial charge in [-0.2, -0.15) is 5.10 Å². The van der Waals surface area contributed by atoms with Crippen LogP contribution in [0, 0.1) is 13.8 Å². The Bertz CT molecular complexity index is 1340. The van der Waals surface area contributed by atoms with Gasteiger partial charge in [0.1, 0.15) is 5.39 Å². The lowest BCUT2D eigenvalue weighted by Crippen LogP contribution is -2.30. The lowest BCUT2D eigenvalue weighted by molar-refractivity contribution is -0.121. The molecule has 9 heteroatoms. The third-order valence-corrected chi connectivity index (χ3v) is 7.54. The van der Waals surface area contributed by atoms with E-state index in [2.05, 4.69) is 24.3 Å². The maximum atomic E-state index is 13.2. The molecular weight excluding hydrogens is 430 g/mol. The zero-order chi connectivity index (χ0) is 21.5. The highest BCUT2D eigenvalue weighted by molar-refractivity contribution is 7.99. The second-order valence-electron chi connectivity index (χ2n) is 7.66. The van der Waals surface area contributed by atoms with Gasteiger partial charge >= 0.3 is 0 Å². The summed E-state index contributed by atoms with van der Waals surface area (Å²) in [7, 11) is 0. The van der Waals surface area contributed by atoms with Crippen LogP contribution in [0.4, 0.5) is 0 Å². The van der Waals surface area contributed by atoms with Crippen molar-refractivity contribution >= 4 is 40.0 Å². The van der Waals surface area contributed by atoms with E-state index >= 15 is 0 Å². The molecule has 1 aliphatic rings. The Kier molecular flexibility index (Phi) is 5.15. The number of rotatable bonds is 5. The summed E-state index contributed by atoms with van der Waals surface area (Å²) in [5.74, 6) is 0.586. The lowest BCUT2D eigenvalue weighted by atomic mass is 10.1. The van der Waals surface area contributed by atoms with Gasteiger partial charge in [-0.25, -0.2) is 9.67 Å².